The molecule has 0 bridgehead atoms. The lowest BCUT2D eigenvalue weighted by Gasteiger charge is -2.21. The number of aromatic hydroxyl groups is 1. The second-order valence-corrected chi connectivity index (χ2v) is 6.76. The molecular weight excluding hydrogens is 318 g/mol. The summed E-state index contributed by atoms with van der Waals surface area (Å²) < 4.78 is 0. The van der Waals surface area contributed by atoms with E-state index in [4.69, 9.17) is 11.6 Å². The molecule has 3 rings (SSSR count). The van der Waals surface area contributed by atoms with Gasteiger partial charge in [-0.1, -0.05) is 11.6 Å². The normalized spacial score (nSPS) is 15.0. The Morgan fingerprint density at radius 2 is 2.32 bits per heavy atom. The Kier molecular flexibility index (Phi) is 4.16. The minimum Gasteiger partial charge on any atom is -0.507 e. The van der Waals surface area contributed by atoms with Crippen LogP contribution in [0.15, 0.2) is 23.2 Å². The maximum atomic E-state index is 9.82. The van der Waals surface area contributed by atoms with Gasteiger partial charge in [0, 0.05) is 34.8 Å². The SMILES string of the molecule is CN1CCc2c(sc(/N=C/c3cc(Cl)ccc3O)c2C#N)C1. The van der Waals surface area contributed by atoms with Crippen LogP contribution < -0.4 is 0 Å². The van der Waals surface area contributed by atoms with E-state index in [1.165, 1.54) is 10.9 Å². The molecule has 0 saturated carbocycles. The molecule has 1 aromatic carbocycles. The summed E-state index contributed by atoms with van der Waals surface area (Å²) in [6, 6.07) is 7.07. The highest BCUT2D eigenvalue weighted by atomic mass is 35.5. The molecule has 0 radical (unpaired) electrons. The third-order valence-corrected chi connectivity index (χ3v) is 5.01. The van der Waals surface area contributed by atoms with E-state index in [0.717, 1.165) is 25.1 Å². The number of benzene rings is 1. The Balaban J connectivity index is 1.97. The van der Waals surface area contributed by atoms with Crippen LogP contribution in [-0.4, -0.2) is 29.8 Å². The van der Waals surface area contributed by atoms with Crippen LogP contribution in [0.1, 0.15) is 21.6 Å². The fourth-order valence-corrected chi connectivity index (χ4v) is 3.88. The van der Waals surface area contributed by atoms with Gasteiger partial charge in [0.05, 0.1) is 5.56 Å². The number of halogens is 1. The number of likely N-dealkylation sites (N-methyl/N-ethyl adjacent to an activating group) is 1. The van der Waals surface area contributed by atoms with Crippen molar-refractivity contribution < 1.29 is 5.11 Å². The Bertz CT molecular complexity index is 791. The van der Waals surface area contributed by atoms with Gasteiger partial charge in [-0.25, -0.2) is 4.99 Å². The number of hydrogen-bond donors (Lipinski definition) is 1. The predicted octanol–water partition coefficient (Wildman–Crippen LogP) is 3.72. The van der Waals surface area contributed by atoms with E-state index in [1.807, 2.05) is 0 Å². The van der Waals surface area contributed by atoms with E-state index in [2.05, 4.69) is 23.0 Å². The molecule has 0 unspecified atom stereocenters. The molecule has 112 valence electrons. The van der Waals surface area contributed by atoms with Crippen molar-refractivity contribution in [2.75, 3.05) is 13.6 Å². The molecule has 0 atom stereocenters. The summed E-state index contributed by atoms with van der Waals surface area (Å²) >= 11 is 7.47. The van der Waals surface area contributed by atoms with Crippen LogP contribution in [-0.2, 0) is 13.0 Å². The van der Waals surface area contributed by atoms with Gasteiger partial charge in [0.1, 0.15) is 16.8 Å². The van der Waals surface area contributed by atoms with Gasteiger partial charge < -0.3 is 10.0 Å². The molecule has 2 aromatic rings. The number of nitriles is 1. The highest BCUT2D eigenvalue weighted by Crippen LogP contribution is 2.38. The van der Waals surface area contributed by atoms with Gasteiger partial charge >= 0.3 is 0 Å². The molecule has 1 N–H and O–H groups in total. The van der Waals surface area contributed by atoms with Gasteiger partial charge in [-0.05, 0) is 37.2 Å². The van der Waals surface area contributed by atoms with Crippen molar-refractivity contribution in [3.8, 4) is 11.8 Å². The largest absolute Gasteiger partial charge is 0.507 e. The highest BCUT2D eigenvalue weighted by molar-refractivity contribution is 7.16. The molecule has 0 saturated heterocycles. The summed E-state index contributed by atoms with van der Waals surface area (Å²) in [5.74, 6) is 0.118. The average molecular weight is 332 g/mol. The smallest absolute Gasteiger partial charge is 0.134 e. The first-order valence-corrected chi connectivity index (χ1v) is 8.03. The second kappa shape index (κ2) is 6.09. The predicted molar refractivity (Wildman–Crippen MR) is 89.4 cm³/mol. The Morgan fingerprint density at radius 1 is 1.50 bits per heavy atom. The van der Waals surface area contributed by atoms with E-state index >= 15 is 0 Å². The number of nitrogens with zero attached hydrogens (tertiary/aromatic N) is 3. The van der Waals surface area contributed by atoms with Crippen LogP contribution in [0.2, 0.25) is 5.02 Å². The molecule has 1 aliphatic heterocycles. The molecule has 1 aliphatic rings. The fraction of sp³-hybridized carbons (Fsp3) is 0.250. The quantitative estimate of drug-likeness (QED) is 0.853. The Morgan fingerprint density at radius 3 is 3.09 bits per heavy atom. The number of fused-ring (bicyclic) bond motifs is 1. The highest BCUT2D eigenvalue weighted by Gasteiger charge is 2.22. The van der Waals surface area contributed by atoms with Crippen molar-refractivity contribution in [2.45, 2.75) is 13.0 Å². The molecule has 0 amide bonds. The first-order valence-electron chi connectivity index (χ1n) is 6.84. The zero-order valence-corrected chi connectivity index (χ0v) is 13.6. The third kappa shape index (κ3) is 2.86. The van der Waals surface area contributed by atoms with E-state index < -0.39 is 0 Å². The summed E-state index contributed by atoms with van der Waals surface area (Å²) in [6.07, 6.45) is 2.44. The summed E-state index contributed by atoms with van der Waals surface area (Å²) in [4.78, 5) is 7.85. The zero-order chi connectivity index (χ0) is 15.7. The van der Waals surface area contributed by atoms with Gasteiger partial charge in [0.25, 0.3) is 0 Å². The number of rotatable bonds is 2. The number of phenols is 1. The van der Waals surface area contributed by atoms with Crippen LogP contribution in [0.3, 0.4) is 0 Å². The van der Waals surface area contributed by atoms with Crippen molar-refractivity contribution in [2.24, 2.45) is 4.99 Å². The molecule has 0 aliphatic carbocycles. The van der Waals surface area contributed by atoms with E-state index in [-0.39, 0.29) is 5.75 Å². The van der Waals surface area contributed by atoms with Gasteiger partial charge in [0.2, 0.25) is 0 Å². The molecule has 2 heterocycles. The maximum Gasteiger partial charge on any atom is 0.134 e. The lowest BCUT2D eigenvalue weighted by Crippen LogP contribution is -2.25. The van der Waals surface area contributed by atoms with Gasteiger partial charge in [-0.3, -0.25) is 0 Å². The van der Waals surface area contributed by atoms with E-state index in [9.17, 15) is 10.4 Å². The minimum atomic E-state index is 0.118. The molecule has 4 nitrogen and oxygen atoms in total. The summed E-state index contributed by atoms with van der Waals surface area (Å²) in [5, 5.41) is 20.5. The molecule has 6 heteroatoms. The van der Waals surface area contributed by atoms with Crippen molar-refractivity contribution in [3.63, 3.8) is 0 Å². The Labute approximate surface area is 137 Å². The van der Waals surface area contributed by atoms with Gasteiger partial charge in [-0.2, -0.15) is 5.26 Å². The van der Waals surface area contributed by atoms with Crippen molar-refractivity contribution in [1.82, 2.24) is 4.90 Å². The monoisotopic (exact) mass is 331 g/mol. The second-order valence-electron chi connectivity index (χ2n) is 5.24. The van der Waals surface area contributed by atoms with Crippen molar-refractivity contribution >= 4 is 34.2 Å². The van der Waals surface area contributed by atoms with Crippen LogP contribution in [0, 0.1) is 11.3 Å². The standard InChI is InChI=1S/C16H14ClN3OS/c1-20-5-4-12-13(7-18)16(22-15(12)9-20)19-8-10-6-11(17)2-3-14(10)21/h2-3,6,8,21H,4-5,9H2,1H3/b19-8+. The van der Waals surface area contributed by atoms with Crippen molar-refractivity contribution in [3.05, 3.63) is 44.8 Å². The number of aliphatic imine (C=N–C) groups is 1. The molecule has 22 heavy (non-hydrogen) atoms. The molecule has 0 fully saturated rings. The number of phenolic OH excluding ortho intramolecular Hbond substituents is 1. The van der Waals surface area contributed by atoms with Gasteiger partial charge in [0.15, 0.2) is 0 Å². The van der Waals surface area contributed by atoms with Crippen LogP contribution in [0.4, 0.5) is 5.00 Å². The number of hydrogen-bond acceptors (Lipinski definition) is 5. The lowest BCUT2D eigenvalue weighted by molar-refractivity contribution is 0.317. The Hall–Kier alpha value is -1.87. The van der Waals surface area contributed by atoms with E-state index in [1.54, 1.807) is 29.7 Å². The number of thiophene rings is 1. The lowest BCUT2D eigenvalue weighted by atomic mass is 10.0. The third-order valence-electron chi connectivity index (χ3n) is 3.65. The van der Waals surface area contributed by atoms with Crippen LogP contribution >= 0.6 is 22.9 Å². The molecular formula is C16H14ClN3OS. The first-order chi connectivity index (χ1) is 10.6. The summed E-state index contributed by atoms with van der Waals surface area (Å²) in [5.41, 5.74) is 2.32. The zero-order valence-electron chi connectivity index (χ0n) is 12.0. The topological polar surface area (TPSA) is 59.6 Å². The van der Waals surface area contributed by atoms with E-state index in [0.29, 0.717) is 21.2 Å². The summed E-state index contributed by atoms with van der Waals surface area (Å²) in [6.45, 7) is 1.81. The van der Waals surface area contributed by atoms with Crippen LogP contribution in [0.5, 0.6) is 5.75 Å². The maximum absolute atomic E-state index is 9.82. The van der Waals surface area contributed by atoms with Crippen molar-refractivity contribution in [1.29, 1.82) is 5.26 Å². The average Bonchev–Trinajstić information content (AvgIpc) is 2.84. The first kappa shape index (κ1) is 15.0. The molecule has 1 aromatic heterocycles. The van der Waals surface area contributed by atoms with Gasteiger partial charge in [-0.15, -0.1) is 11.3 Å². The molecule has 0 spiro atoms. The fourth-order valence-electron chi connectivity index (χ4n) is 2.48. The minimum absolute atomic E-state index is 0.118. The van der Waals surface area contributed by atoms with Crippen LogP contribution in [0.25, 0.3) is 0 Å². The summed E-state index contributed by atoms with van der Waals surface area (Å²) in [7, 11) is 2.07.